The topological polar surface area (TPSA) is 40.5 Å². The third-order valence-corrected chi connectivity index (χ3v) is 2.54. The molecule has 64 valence electrons. The van der Waals surface area contributed by atoms with Gasteiger partial charge in [0, 0.05) is 13.5 Å². The van der Waals surface area contributed by atoms with E-state index >= 15 is 0 Å². The number of halogens is 3. The Morgan fingerprint density at radius 1 is 1.42 bits per heavy atom. The molecule has 0 amide bonds. The maximum Gasteiger partial charge on any atom is 0.491 e. The summed E-state index contributed by atoms with van der Waals surface area (Å²) in [7, 11) is -1.77. The molecule has 0 aromatic heterocycles. The molecule has 6 heteroatoms. The first-order valence-electron chi connectivity index (χ1n) is 3.03. The van der Waals surface area contributed by atoms with Crippen molar-refractivity contribution in [2.75, 3.05) is 0 Å². The highest BCUT2D eigenvalue weighted by Crippen LogP contribution is 2.15. The van der Waals surface area contributed by atoms with Crippen LogP contribution in [0.1, 0.15) is 0 Å². The average molecular weight is 345 g/mol. The molecular formula is C6H4BBrFIO2. The van der Waals surface area contributed by atoms with Crippen LogP contribution >= 0.6 is 38.5 Å². The maximum atomic E-state index is 13.1. The van der Waals surface area contributed by atoms with Gasteiger partial charge in [-0.2, -0.15) is 0 Å². The minimum Gasteiger partial charge on any atom is -0.423 e. The van der Waals surface area contributed by atoms with E-state index in [9.17, 15) is 4.39 Å². The molecule has 0 fully saturated rings. The first-order chi connectivity index (χ1) is 5.52. The fourth-order valence-electron chi connectivity index (χ4n) is 0.764. The molecule has 0 saturated carbocycles. The van der Waals surface area contributed by atoms with Crippen molar-refractivity contribution in [3.63, 3.8) is 0 Å². The summed E-state index contributed by atoms with van der Waals surface area (Å²) in [6, 6.07) is 2.89. The second kappa shape index (κ2) is 4.04. The number of hydrogen-bond donors (Lipinski definition) is 2. The summed E-state index contributed by atoms with van der Waals surface area (Å²) in [6.07, 6.45) is 0. The standard InChI is InChI=1S/C6H4BBrFIO2/c8-3-1-4(7(11)12)6(9)5(10)2-3/h1-2,11-12H. The highest BCUT2D eigenvalue weighted by molar-refractivity contribution is 14.1. The monoisotopic (exact) mass is 344 g/mol. The first kappa shape index (κ1) is 10.4. The van der Waals surface area contributed by atoms with E-state index in [1.807, 2.05) is 0 Å². The van der Waals surface area contributed by atoms with Gasteiger partial charge in [0.1, 0.15) is 5.82 Å². The number of rotatable bonds is 1. The van der Waals surface area contributed by atoms with Crippen molar-refractivity contribution >= 4 is 51.1 Å². The molecular weight excluding hydrogens is 341 g/mol. The van der Waals surface area contributed by atoms with Crippen LogP contribution < -0.4 is 5.46 Å². The van der Waals surface area contributed by atoms with Gasteiger partial charge < -0.3 is 10.0 Å². The lowest BCUT2D eigenvalue weighted by Crippen LogP contribution is -2.33. The van der Waals surface area contributed by atoms with Crippen LogP contribution in [0.5, 0.6) is 0 Å². The summed E-state index contributed by atoms with van der Waals surface area (Å²) >= 11 is 4.90. The van der Waals surface area contributed by atoms with Gasteiger partial charge in [-0.3, -0.25) is 0 Å². The van der Waals surface area contributed by atoms with E-state index in [-0.39, 0.29) is 5.46 Å². The lowest BCUT2D eigenvalue weighted by Gasteiger charge is -2.03. The van der Waals surface area contributed by atoms with Crippen LogP contribution in [0.2, 0.25) is 0 Å². The van der Waals surface area contributed by atoms with E-state index in [2.05, 4.69) is 15.9 Å². The summed E-state index contributed by atoms with van der Waals surface area (Å²) < 4.78 is 14.1. The molecule has 1 rings (SSSR count). The van der Waals surface area contributed by atoms with Crippen LogP contribution in [0.15, 0.2) is 16.6 Å². The Balaban J connectivity index is 3.28. The zero-order chi connectivity index (χ0) is 9.30. The largest absolute Gasteiger partial charge is 0.491 e. The summed E-state index contributed by atoms with van der Waals surface area (Å²) in [5.41, 5.74) is -0.117. The van der Waals surface area contributed by atoms with Gasteiger partial charge in [0.05, 0.1) is 0 Å². The van der Waals surface area contributed by atoms with Crippen LogP contribution in [0.25, 0.3) is 0 Å². The van der Waals surface area contributed by atoms with E-state index in [0.717, 1.165) is 0 Å². The van der Waals surface area contributed by atoms with E-state index in [1.165, 1.54) is 6.07 Å². The predicted octanol–water partition coefficient (Wildman–Crippen LogP) is 0.873. The van der Waals surface area contributed by atoms with Crippen molar-refractivity contribution in [2.45, 2.75) is 0 Å². The summed E-state index contributed by atoms with van der Waals surface area (Å²) in [5.74, 6) is -0.589. The maximum absolute atomic E-state index is 13.1. The third kappa shape index (κ3) is 2.18. The molecule has 0 spiro atoms. The molecule has 2 N–H and O–H groups in total. The van der Waals surface area contributed by atoms with Gasteiger partial charge in [-0.15, -0.1) is 0 Å². The Hall–Kier alpha value is 0.345. The highest BCUT2D eigenvalue weighted by Gasteiger charge is 2.18. The van der Waals surface area contributed by atoms with Crippen LogP contribution in [-0.2, 0) is 0 Å². The lowest BCUT2D eigenvalue weighted by atomic mass is 9.80. The molecule has 0 saturated heterocycles. The van der Waals surface area contributed by atoms with E-state index in [4.69, 9.17) is 10.0 Å². The minimum absolute atomic E-state index is 0.117. The lowest BCUT2D eigenvalue weighted by molar-refractivity contribution is 0.423. The van der Waals surface area contributed by atoms with Gasteiger partial charge in [0.2, 0.25) is 0 Å². The fourth-order valence-corrected chi connectivity index (χ4v) is 2.31. The SMILES string of the molecule is OB(O)c1cc(Br)cc(I)c1F. The molecule has 1 aromatic rings. The molecule has 0 aliphatic carbocycles. The number of hydrogen-bond acceptors (Lipinski definition) is 2. The average Bonchev–Trinajstić information content (AvgIpc) is 1.96. The van der Waals surface area contributed by atoms with Gasteiger partial charge in [-0.05, 0) is 34.7 Å². The Morgan fingerprint density at radius 2 is 2.00 bits per heavy atom. The Kier molecular flexibility index (Phi) is 3.51. The number of benzene rings is 1. The van der Waals surface area contributed by atoms with Gasteiger partial charge in [0.25, 0.3) is 0 Å². The highest BCUT2D eigenvalue weighted by atomic mass is 127. The summed E-state index contributed by atoms with van der Waals surface area (Å²) in [5, 5.41) is 17.5. The third-order valence-electron chi connectivity index (χ3n) is 1.30. The van der Waals surface area contributed by atoms with Crippen LogP contribution in [0.4, 0.5) is 4.39 Å². The molecule has 0 aliphatic rings. The van der Waals surface area contributed by atoms with Crippen molar-refractivity contribution in [3.05, 3.63) is 26.0 Å². The molecule has 1 aromatic carbocycles. The first-order valence-corrected chi connectivity index (χ1v) is 4.90. The molecule has 0 bridgehead atoms. The van der Waals surface area contributed by atoms with Crippen LogP contribution in [0.3, 0.4) is 0 Å². The van der Waals surface area contributed by atoms with Gasteiger partial charge in [0.15, 0.2) is 0 Å². The van der Waals surface area contributed by atoms with Gasteiger partial charge in [-0.1, -0.05) is 15.9 Å². The molecule has 0 aliphatic heterocycles. The van der Waals surface area contributed by atoms with Crippen molar-refractivity contribution in [1.29, 1.82) is 0 Å². The molecule has 2 nitrogen and oxygen atoms in total. The van der Waals surface area contributed by atoms with Crippen molar-refractivity contribution < 1.29 is 14.4 Å². The van der Waals surface area contributed by atoms with E-state index < -0.39 is 12.9 Å². The minimum atomic E-state index is -1.77. The van der Waals surface area contributed by atoms with Crippen molar-refractivity contribution in [3.8, 4) is 0 Å². The van der Waals surface area contributed by atoms with Gasteiger partial charge >= 0.3 is 7.12 Å². The molecule has 12 heavy (non-hydrogen) atoms. The second-order valence-corrected chi connectivity index (χ2v) is 4.24. The Morgan fingerprint density at radius 3 is 2.50 bits per heavy atom. The second-order valence-electron chi connectivity index (χ2n) is 2.16. The summed E-state index contributed by atoms with van der Waals surface area (Å²) in [4.78, 5) is 0. The van der Waals surface area contributed by atoms with Crippen LogP contribution in [-0.4, -0.2) is 17.2 Å². The van der Waals surface area contributed by atoms with Crippen molar-refractivity contribution in [2.24, 2.45) is 0 Å². The zero-order valence-corrected chi connectivity index (χ0v) is 9.50. The van der Waals surface area contributed by atoms with E-state index in [0.29, 0.717) is 8.04 Å². The molecule has 0 atom stereocenters. The molecule has 0 radical (unpaired) electrons. The zero-order valence-electron chi connectivity index (χ0n) is 5.76. The Bertz CT molecular complexity index is 308. The quantitative estimate of drug-likeness (QED) is 0.451. The van der Waals surface area contributed by atoms with Crippen molar-refractivity contribution in [1.82, 2.24) is 0 Å². The Labute approximate surface area is 91.2 Å². The predicted molar refractivity (Wildman–Crippen MR) is 56.6 cm³/mol. The molecule has 0 heterocycles. The summed E-state index contributed by atoms with van der Waals surface area (Å²) in [6.45, 7) is 0. The van der Waals surface area contributed by atoms with E-state index in [1.54, 1.807) is 28.7 Å². The molecule has 0 unspecified atom stereocenters. The van der Waals surface area contributed by atoms with Gasteiger partial charge in [-0.25, -0.2) is 4.39 Å². The smallest absolute Gasteiger partial charge is 0.423 e. The van der Waals surface area contributed by atoms with Crippen LogP contribution in [0, 0.1) is 9.39 Å². The normalized spacial score (nSPS) is 10.1. The fraction of sp³-hybridized carbons (Fsp3) is 0.